The average Bonchev–Trinajstić information content (AvgIpc) is 2.37. The highest BCUT2D eigenvalue weighted by atomic mass is 32.2. The second kappa shape index (κ2) is 5.96. The van der Waals surface area contributed by atoms with Crippen molar-refractivity contribution in [2.75, 3.05) is 18.1 Å². The van der Waals surface area contributed by atoms with E-state index < -0.39 is 15.3 Å². The molecule has 0 unspecified atom stereocenters. The Hall–Kier alpha value is -0.420. The van der Waals surface area contributed by atoms with Gasteiger partial charge in [0.15, 0.2) is 0 Å². The van der Waals surface area contributed by atoms with Gasteiger partial charge in [-0.15, -0.1) is 0 Å². The summed E-state index contributed by atoms with van der Waals surface area (Å²) in [6.07, 6.45) is 5.01. The lowest BCUT2D eigenvalue weighted by Crippen LogP contribution is -2.41. The van der Waals surface area contributed by atoms with E-state index in [2.05, 4.69) is 0 Å². The van der Waals surface area contributed by atoms with E-state index in [4.69, 9.17) is 5.73 Å². The Balaban J connectivity index is 2.61. The number of ketones is 1. The number of sulfone groups is 1. The van der Waals surface area contributed by atoms with E-state index in [9.17, 15) is 13.2 Å². The number of nitrogens with two attached hydrogens (primary N) is 1. The van der Waals surface area contributed by atoms with Gasteiger partial charge < -0.3 is 5.73 Å². The Morgan fingerprint density at radius 3 is 2.29 bits per heavy atom. The summed E-state index contributed by atoms with van der Waals surface area (Å²) in [6.45, 7) is 1.97. The fourth-order valence-electron chi connectivity index (χ4n) is 2.48. The van der Waals surface area contributed by atoms with E-state index >= 15 is 0 Å². The van der Waals surface area contributed by atoms with E-state index in [-0.39, 0.29) is 23.7 Å². The van der Waals surface area contributed by atoms with E-state index in [0.717, 1.165) is 32.1 Å². The SMILES string of the molecule is CCS(=O)(=O)CCC(=O)C1(CN)CCCCC1. The second-order valence-electron chi connectivity index (χ2n) is 4.95. The van der Waals surface area contributed by atoms with Crippen molar-refractivity contribution >= 4 is 15.6 Å². The lowest BCUT2D eigenvalue weighted by atomic mass is 9.70. The van der Waals surface area contributed by atoms with Crippen molar-refractivity contribution in [1.82, 2.24) is 0 Å². The van der Waals surface area contributed by atoms with E-state index in [1.165, 1.54) is 0 Å². The fourth-order valence-corrected chi connectivity index (χ4v) is 3.27. The highest BCUT2D eigenvalue weighted by molar-refractivity contribution is 7.91. The van der Waals surface area contributed by atoms with Gasteiger partial charge in [0, 0.05) is 24.1 Å². The van der Waals surface area contributed by atoms with Crippen LogP contribution in [-0.4, -0.2) is 32.3 Å². The lowest BCUT2D eigenvalue weighted by molar-refractivity contribution is -0.129. The first kappa shape index (κ1) is 14.6. The van der Waals surface area contributed by atoms with Crippen LogP contribution in [0.25, 0.3) is 0 Å². The number of Topliss-reactive ketones (excluding diaryl/α,β-unsaturated/α-hetero) is 1. The molecule has 5 heteroatoms. The topological polar surface area (TPSA) is 77.2 Å². The smallest absolute Gasteiger partial charge is 0.150 e. The van der Waals surface area contributed by atoms with E-state index in [1.54, 1.807) is 6.92 Å². The molecule has 4 nitrogen and oxygen atoms in total. The summed E-state index contributed by atoms with van der Waals surface area (Å²) in [7, 11) is -3.05. The molecule has 0 saturated heterocycles. The molecule has 0 bridgehead atoms. The quantitative estimate of drug-likeness (QED) is 0.781. The van der Waals surface area contributed by atoms with Gasteiger partial charge in [0.2, 0.25) is 0 Å². The summed E-state index contributed by atoms with van der Waals surface area (Å²) in [5, 5.41) is 0. The van der Waals surface area contributed by atoms with Gasteiger partial charge >= 0.3 is 0 Å². The number of carbonyl (C=O) groups is 1. The van der Waals surface area contributed by atoms with Crippen LogP contribution in [0, 0.1) is 5.41 Å². The summed E-state index contributed by atoms with van der Waals surface area (Å²) >= 11 is 0. The summed E-state index contributed by atoms with van der Waals surface area (Å²) < 4.78 is 22.8. The Morgan fingerprint density at radius 1 is 1.24 bits per heavy atom. The molecule has 2 N–H and O–H groups in total. The van der Waals surface area contributed by atoms with Crippen LogP contribution in [0.3, 0.4) is 0 Å². The fraction of sp³-hybridized carbons (Fsp3) is 0.917. The maximum Gasteiger partial charge on any atom is 0.150 e. The monoisotopic (exact) mass is 261 g/mol. The van der Waals surface area contributed by atoms with Gasteiger partial charge in [0.25, 0.3) is 0 Å². The summed E-state index contributed by atoms with van der Waals surface area (Å²) in [5.74, 6) is 0.136. The molecule has 0 aromatic heterocycles. The van der Waals surface area contributed by atoms with Crippen molar-refractivity contribution in [3.63, 3.8) is 0 Å². The van der Waals surface area contributed by atoms with Crippen LogP contribution in [0.1, 0.15) is 45.4 Å². The van der Waals surface area contributed by atoms with Gasteiger partial charge in [-0.05, 0) is 12.8 Å². The van der Waals surface area contributed by atoms with E-state index in [1.807, 2.05) is 0 Å². The molecule has 0 aliphatic heterocycles. The minimum atomic E-state index is -3.05. The average molecular weight is 261 g/mol. The zero-order chi connectivity index (χ0) is 12.9. The van der Waals surface area contributed by atoms with Crippen LogP contribution in [0.2, 0.25) is 0 Å². The predicted molar refractivity (Wildman–Crippen MR) is 68.5 cm³/mol. The van der Waals surface area contributed by atoms with Crippen molar-refractivity contribution < 1.29 is 13.2 Å². The molecule has 0 aromatic carbocycles. The van der Waals surface area contributed by atoms with Crippen molar-refractivity contribution in [1.29, 1.82) is 0 Å². The van der Waals surface area contributed by atoms with Gasteiger partial charge in [0.1, 0.15) is 15.6 Å². The molecule has 0 atom stereocenters. The summed E-state index contributed by atoms with van der Waals surface area (Å²) in [6, 6.07) is 0. The molecule has 1 fully saturated rings. The third kappa shape index (κ3) is 3.78. The van der Waals surface area contributed by atoms with E-state index in [0.29, 0.717) is 6.54 Å². The Kier molecular flexibility index (Phi) is 5.13. The third-order valence-corrected chi connectivity index (χ3v) is 5.58. The lowest BCUT2D eigenvalue weighted by Gasteiger charge is -2.34. The zero-order valence-electron chi connectivity index (χ0n) is 10.6. The minimum Gasteiger partial charge on any atom is -0.329 e. The second-order valence-corrected chi connectivity index (χ2v) is 7.43. The molecular weight excluding hydrogens is 238 g/mol. The molecule has 1 aliphatic rings. The Bertz CT molecular complexity index is 356. The van der Waals surface area contributed by atoms with Crippen molar-refractivity contribution in [2.24, 2.45) is 11.1 Å². The van der Waals surface area contributed by atoms with Crippen LogP contribution in [0.15, 0.2) is 0 Å². The van der Waals surface area contributed by atoms with Gasteiger partial charge in [0.05, 0.1) is 5.75 Å². The molecule has 17 heavy (non-hydrogen) atoms. The number of carbonyl (C=O) groups excluding carboxylic acids is 1. The molecule has 0 spiro atoms. The van der Waals surface area contributed by atoms with Crippen LogP contribution in [-0.2, 0) is 14.6 Å². The van der Waals surface area contributed by atoms with Gasteiger partial charge in [-0.1, -0.05) is 26.2 Å². The highest BCUT2D eigenvalue weighted by Gasteiger charge is 2.37. The van der Waals surface area contributed by atoms with Crippen LogP contribution in [0.4, 0.5) is 0 Å². The Labute approximate surface area is 104 Å². The molecule has 1 rings (SSSR count). The maximum absolute atomic E-state index is 12.2. The first-order chi connectivity index (χ1) is 7.96. The van der Waals surface area contributed by atoms with Gasteiger partial charge in [-0.3, -0.25) is 4.79 Å². The Morgan fingerprint density at radius 2 is 1.82 bits per heavy atom. The van der Waals surface area contributed by atoms with Crippen LogP contribution < -0.4 is 5.73 Å². The van der Waals surface area contributed by atoms with Crippen LogP contribution in [0.5, 0.6) is 0 Å². The number of hydrogen-bond acceptors (Lipinski definition) is 4. The molecular formula is C12H23NO3S. The predicted octanol–water partition coefficient (Wildman–Crippen LogP) is 1.29. The largest absolute Gasteiger partial charge is 0.329 e. The molecule has 0 radical (unpaired) electrons. The molecule has 100 valence electrons. The standard InChI is InChI=1S/C12H23NO3S/c1-2-17(15,16)9-6-11(14)12(10-13)7-4-3-5-8-12/h2-10,13H2,1H3. The first-order valence-electron chi connectivity index (χ1n) is 6.39. The third-order valence-electron chi connectivity index (χ3n) is 3.87. The molecule has 1 aliphatic carbocycles. The normalized spacial score (nSPS) is 20.1. The van der Waals surface area contributed by atoms with Crippen molar-refractivity contribution in [3.8, 4) is 0 Å². The van der Waals surface area contributed by atoms with Gasteiger partial charge in [-0.25, -0.2) is 8.42 Å². The molecule has 1 saturated carbocycles. The number of rotatable bonds is 6. The van der Waals surface area contributed by atoms with Gasteiger partial charge in [-0.2, -0.15) is 0 Å². The summed E-state index contributed by atoms with van der Waals surface area (Å²) in [5.41, 5.74) is 5.31. The molecule has 0 heterocycles. The number of hydrogen-bond donors (Lipinski definition) is 1. The maximum atomic E-state index is 12.2. The highest BCUT2D eigenvalue weighted by Crippen LogP contribution is 2.37. The molecule has 0 aromatic rings. The van der Waals surface area contributed by atoms with Crippen molar-refractivity contribution in [2.45, 2.75) is 45.4 Å². The van der Waals surface area contributed by atoms with Crippen LogP contribution >= 0.6 is 0 Å². The summed E-state index contributed by atoms with van der Waals surface area (Å²) in [4.78, 5) is 12.2. The van der Waals surface area contributed by atoms with Crippen molar-refractivity contribution in [3.05, 3.63) is 0 Å². The first-order valence-corrected chi connectivity index (χ1v) is 8.22. The zero-order valence-corrected chi connectivity index (χ0v) is 11.4. The minimum absolute atomic E-state index is 0.0237. The molecule has 0 amide bonds.